The molecule has 1 atom stereocenters. The molecule has 3 N–H and O–H groups in total. The molecule has 2 amide bonds. The zero-order valence-corrected chi connectivity index (χ0v) is 13.8. The molecule has 2 aromatic rings. The lowest BCUT2D eigenvalue weighted by molar-refractivity contribution is -0.139. The van der Waals surface area contributed by atoms with E-state index < -0.39 is 17.9 Å². The molecule has 1 aromatic carbocycles. The molecule has 2 heterocycles. The number of thiophene rings is 1. The van der Waals surface area contributed by atoms with E-state index in [1.165, 1.54) is 11.3 Å². The minimum absolute atomic E-state index is 0.0235. The predicted octanol–water partition coefficient (Wildman–Crippen LogP) is 1.15. The van der Waals surface area contributed by atoms with Crippen LogP contribution in [-0.2, 0) is 22.6 Å². The first kappa shape index (κ1) is 16.5. The summed E-state index contributed by atoms with van der Waals surface area (Å²) in [5, 5.41) is 19.0. The summed E-state index contributed by atoms with van der Waals surface area (Å²) >= 11 is 1.53. The zero-order valence-electron chi connectivity index (χ0n) is 13.0. The number of rotatable bonds is 5. The van der Waals surface area contributed by atoms with Crippen molar-refractivity contribution in [2.45, 2.75) is 19.1 Å². The highest BCUT2D eigenvalue weighted by molar-refractivity contribution is 7.07. The smallest absolute Gasteiger partial charge is 0.309 e. The Morgan fingerprint density at radius 3 is 2.88 bits per heavy atom. The van der Waals surface area contributed by atoms with Gasteiger partial charge in [0.25, 0.3) is 0 Å². The van der Waals surface area contributed by atoms with Gasteiger partial charge < -0.3 is 20.5 Å². The van der Waals surface area contributed by atoms with Gasteiger partial charge in [0.15, 0.2) is 0 Å². The lowest BCUT2D eigenvalue weighted by atomic mass is 10.0. The molecule has 0 bridgehead atoms. The van der Waals surface area contributed by atoms with E-state index in [0.29, 0.717) is 18.7 Å². The number of hydrogen-bond donors (Lipinski definition) is 3. The topological polar surface area (TPSA) is 87.7 Å². The van der Waals surface area contributed by atoms with Gasteiger partial charge in [0.05, 0.1) is 12.7 Å². The SMILES string of the molecule is O=C(NCc1ccsc1)C(=O)NCC(O)c1ccc2c(c1)CCO2. The number of fused-ring (bicyclic) bond motifs is 1. The zero-order chi connectivity index (χ0) is 16.9. The molecule has 6 nitrogen and oxygen atoms in total. The monoisotopic (exact) mass is 346 g/mol. The third kappa shape index (κ3) is 3.93. The largest absolute Gasteiger partial charge is 0.493 e. The Morgan fingerprint density at radius 2 is 2.08 bits per heavy atom. The van der Waals surface area contributed by atoms with E-state index in [4.69, 9.17) is 4.74 Å². The molecule has 1 unspecified atom stereocenters. The molecule has 1 aliphatic heterocycles. The van der Waals surface area contributed by atoms with Gasteiger partial charge in [-0.25, -0.2) is 0 Å². The van der Waals surface area contributed by atoms with Crippen molar-refractivity contribution in [3.8, 4) is 5.75 Å². The van der Waals surface area contributed by atoms with E-state index in [1.807, 2.05) is 29.0 Å². The number of carbonyl (C=O) groups excluding carboxylic acids is 2. The summed E-state index contributed by atoms with van der Waals surface area (Å²) in [4.78, 5) is 23.5. The second-order valence-electron chi connectivity index (χ2n) is 5.51. The summed E-state index contributed by atoms with van der Waals surface area (Å²) in [7, 11) is 0. The van der Waals surface area contributed by atoms with Crippen LogP contribution >= 0.6 is 11.3 Å². The van der Waals surface area contributed by atoms with Gasteiger partial charge in [-0.05, 0) is 45.6 Å². The number of ether oxygens (including phenoxy) is 1. The van der Waals surface area contributed by atoms with Crippen LogP contribution in [0.25, 0.3) is 0 Å². The molecule has 1 aromatic heterocycles. The Morgan fingerprint density at radius 1 is 1.25 bits per heavy atom. The molecular formula is C17H18N2O4S. The minimum Gasteiger partial charge on any atom is -0.493 e. The number of hydrogen-bond acceptors (Lipinski definition) is 5. The van der Waals surface area contributed by atoms with Gasteiger partial charge in [-0.2, -0.15) is 11.3 Å². The van der Waals surface area contributed by atoms with Crippen molar-refractivity contribution in [1.82, 2.24) is 10.6 Å². The van der Waals surface area contributed by atoms with Crippen molar-refractivity contribution in [1.29, 1.82) is 0 Å². The molecule has 0 fully saturated rings. The molecular weight excluding hydrogens is 328 g/mol. The maximum atomic E-state index is 11.8. The first-order valence-electron chi connectivity index (χ1n) is 7.64. The summed E-state index contributed by atoms with van der Waals surface area (Å²) in [6.07, 6.45) is -0.0581. The second kappa shape index (κ2) is 7.46. The lowest BCUT2D eigenvalue weighted by Gasteiger charge is -2.13. The van der Waals surface area contributed by atoms with E-state index in [1.54, 1.807) is 6.07 Å². The summed E-state index contributed by atoms with van der Waals surface area (Å²) in [5.41, 5.74) is 2.69. The fourth-order valence-corrected chi connectivity index (χ4v) is 3.13. The summed E-state index contributed by atoms with van der Waals surface area (Å²) < 4.78 is 5.42. The van der Waals surface area contributed by atoms with Crippen LogP contribution in [0.2, 0.25) is 0 Å². The van der Waals surface area contributed by atoms with E-state index in [0.717, 1.165) is 23.3 Å². The molecule has 0 saturated carbocycles. The Bertz CT molecular complexity index is 730. The van der Waals surface area contributed by atoms with Gasteiger partial charge in [0.2, 0.25) is 0 Å². The Hall–Kier alpha value is -2.38. The van der Waals surface area contributed by atoms with Gasteiger partial charge in [-0.3, -0.25) is 9.59 Å². The van der Waals surface area contributed by atoms with Crippen molar-refractivity contribution in [3.63, 3.8) is 0 Å². The average Bonchev–Trinajstić information content (AvgIpc) is 3.27. The van der Waals surface area contributed by atoms with Gasteiger partial charge >= 0.3 is 11.8 Å². The highest BCUT2D eigenvalue weighted by Crippen LogP contribution is 2.27. The Labute approximate surface area is 143 Å². The van der Waals surface area contributed by atoms with Crippen molar-refractivity contribution < 1.29 is 19.4 Å². The fraction of sp³-hybridized carbons (Fsp3) is 0.294. The quantitative estimate of drug-likeness (QED) is 0.709. The lowest BCUT2D eigenvalue weighted by Crippen LogP contribution is -2.41. The van der Waals surface area contributed by atoms with Crippen LogP contribution in [0.15, 0.2) is 35.0 Å². The van der Waals surface area contributed by atoms with Crippen molar-refractivity contribution >= 4 is 23.2 Å². The number of aliphatic hydroxyl groups excluding tert-OH is 1. The second-order valence-corrected chi connectivity index (χ2v) is 6.29. The third-order valence-electron chi connectivity index (χ3n) is 3.79. The standard InChI is InChI=1S/C17H18N2O4S/c20-14(12-1-2-15-13(7-12)3-5-23-15)9-19-17(22)16(21)18-8-11-4-6-24-10-11/h1-2,4,6-7,10,14,20H,3,5,8-9H2,(H,18,21)(H,19,22). The first-order chi connectivity index (χ1) is 11.6. The molecule has 0 spiro atoms. The van der Waals surface area contributed by atoms with Gasteiger partial charge in [0.1, 0.15) is 5.75 Å². The number of amides is 2. The van der Waals surface area contributed by atoms with Crippen LogP contribution < -0.4 is 15.4 Å². The Kier molecular flexibility index (Phi) is 5.12. The number of carbonyl (C=O) groups is 2. The van der Waals surface area contributed by atoms with E-state index in [9.17, 15) is 14.7 Å². The van der Waals surface area contributed by atoms with Gasteiger partial charge in [0, 0.05) is 19.5 Å². The average molecular weight is 346 g/mol. The third-order valence-corrected chi connectivity index (χ3v) is 4.53. The maximum Gasteiger partial charge on any atom is 0.309 e. The highest BCUT2D eigenvalue weighted by Gasteiger charge is 2.18. The molecule has 0 radical (unpaired) electrons. The van der Waals surface area contributed by atoms with Gasteiger partial charge in [-0.15, -0.1) is 0 Å². The molecule has 0 saturated heterocycles. The molecule has 3 rings (SSSR count). The first-order valence-corrected chi connectivity index (χ1v) is 8.58. The molecule has 24 heavy (non-hydrogen) atoms. The normalized spacial score (nSPS) is 13.7. The van der Waals surface area contributed by atoms with Crippen molar-refractivity contribution in [3.05, 3.63) is 51.7 Å². The van der Waals surface area contributed by atoms with Crippen LogP contribution in [0, 0.1) is 0 Å². The van der Waals surface area contributed by atoms with Gasteiger partial charge in [-0.1, -0.05) is 6.07 Å². The van der Waals surface area contributed by atoms with Crippen LogP contribution in [0.5, 0.6) is 5.75 Å². The summed E-state index contributed by atoms with van der Waals surface area (Å²) in [5.74, 6) is -0.632. The number of aliphatic hydroxyl groups is 1. The van der Waals surface area contributed by atoms with Crippen molar-refractivity contribution in [2.75, 3.05) is 13.2 Å². The van der Waals surface area contributed by atoms with Crippen LogP contribution in [0.3, 0.4) is 0 Å². The van der Waals surface area contributed by atoms with E-state index >= 15 is 0 Å². The summed E-state index contributed by atoms with van der Waals surface area (Å²) in [6, 6.07) is 7.33. The fourth-order valence-electron chi connectivity index (χ4n) is 2.46. The molecule has 1 aliphatic rings. The predicted molar refractivity (Wildman–Crippen MR) is 89.8 cm³/mol. The maximum absolute atomic E-state index is 11.8. The van der Waals surface area contributed by atoms with Crippen LogP contribution in [0.1, 0.15) is 22.8 Å². The Balaban J connectivity index is 1.47. The molecule has 7 heteroatoms. The molecule has 126 valence electrons. The van der Waals surface area contributed by atoms with Crippen LogP contribution in [-0.4, -0.2) is 30.1 Å². The van der Waals surface area contributed by atoms with Crippen LogP contribution in [0.4, 0.5) is 0 Å². The van der Waals surface area contributed by atoms with E-state index in [2.05, 4.69) is 10.6 Å². The number of nitrogens with one attached hydrogen (secondary N) is 2. The van der Waals surface area contributed by atoms with Crippen molar-refractivity contribution in [2.24, 2.45) is 0 Å². The molecule has 0 aliphatic carbocycles. The minimum atomic E-state index is -0.871. The highest BCUT2D eigenvalue weighted by atomic mass is 32.1. The summed E-state index contributed by atoms with van der Waals surface area (Å²) in [6.45, 7) is 0.934. The van der Waals surface area contributed by atoms with E-state index in [-0.39, 0.29) is 6.54 Å². The number of benzene rings is 1.